The largest absolute Gasteiger partial charge is 0.369 e. The van der Waals surface area contributed by atoms with Gasteiger partial charge in [-0.05, 0) is 25.3 Å². The number of nitrogens with zero attached hydrogens (tertiary/aromatic N) is 6. The molecule has 0 spiro atoms. The van der Waals surface area contributed by atoms with E-state index in [2.05, 4.69) is 36.8 Å². The lowest BCUT2D eigenvalue weighted by molar-refractivity contribution is 0.473. The number of hydrogen-bond donors (Lipinski definition) is 0. The molecule has 0 amide bonds. The summed E-state index contributed by atoms with van der Waals surface area (Å²) < 4.78 is 2.31. The number of fused-ring (bicyclic) bond motifs is 2. The van der Waals surface area contributed by atoms with Crippen molar-refractivity contribution in [1.29, 1.82) is 5.26 Å². The maximum Gasteiger partial charge on any atom is 0.137 e. The molecule has 6 nitrogen and oxygen atoms in total. The predicted octanol–water partition coefficient (Wildman–Crippen LogP) is 3.03. The van der Waals surface area contributed by atoms with Gasteiger partial charge in [0, 0.05) is 43.6 Å². The van der Waals surface area contributed by atoms with Crippen molar-refractivity contribution in [3.8, 4) is 6.07 Å². The van der Waals surface area contributed by atoms with Crippen LogP contribution in [-0.4, -0.2) is 32.8 Å². The molecular formula is C20H20N6. The molecule has 0 bridgehead atoms. The van der Waals surface area contributed by atoms with E-state index in [-0.39, 0.29) is 0 Å². The number of piperidine rings is 1. The third-order valence-corrected chi connectivity index (χ3v) is 5.61. The molecule has 5 rings (SSSR count). The van der Waals surface area contributed by atoms with Gasteiger partial charge in [-0.1, -0.05) is 18.2 Å². The Morgan fingerprint density at radius 1 is 1.12 bits per heavy atom. The van der Waals surface area contributed by atoms with Crippen LogP contribution in [0.5, 0.6) is 0 Å². The molecule has 0 N–H and O–H groups in total. The molecular weight excluding hydrogens is 324 g/mol. The van der Waals surface area contributed by atoms with E-state index in [0.717, 1.165) is 67.1 Å². The van der Waals surface area contributed by atoms with Crippen LogP contribution in [-0.2, 0) is 13.0 Å². The van der Waals surface area contributed by atoms with Crippen LogP contribution in [0, 0.1) is 11.3 Å². The quantitative estimate of drug-likeness (QED) is 0.714. The number of nitriles is 1. The van der Waals surface area contributed by atoms with E-state index < -0.39 is 0 Å². The second-order valence-electron chi connectivity index (χ2n) is 7.16. The first-order chi connectivity index (χ1) is 12.8. The Morgan fingerprint density at radius 3 is 2.96 bits per heavy atom. The Labute approximate surface area is 152 Å². The number of anilines is 1. The van der Waals surface area contributed by atoms with Gasteiger partial charge in [0.1, 0.15) is 17.7 Å². The molecule has 26 heavy (non-hydrogen) atoms. The molecule has 4 heterocycles. The number of aromatic nitrogens is 4. The molecule has 0 radical (unpaired) electrons. The molecule has 3 aromatic rings. The van der Waals surface area contributed by atoms with Crippen LogP contribution in [0.4, 0.5) is 5.69 Å². The Kier molecular flexibility index (Phi) is 3.59. The molecule has 1 fully saturated rings. The van der Waals surface area contributed by atoms with Crippen molar-refractivity contribution in [3.05, 3.63) is 47.7 Å². The van der Waals surface area contributed by atoms with Crippen LogP contribution in [0.2, 0.25) is 0 Å². The van der Waals surface area contributed by atoms with Crippen molar-refractivity contribution in [2.24, 2.45) is 0 Å². The van der Waals surface area contributed by atoms with Gasteiger partial charge in [-0.3, -0.25) is 4.98 Å². The molecule has 1 unspecified atom stereocenters. The fraction of sp³-hybridized carbons (Fsp3) is 0.400. The predicted molar refractivity (Wildman–Crippen MR) is 99.0 cm³/mol. The topological polar surface area (TPSA) is 70.6 Å². The molecule has 1 saturated heterocycles. The van der Waals surface area contributed by atoms with Crippen LogP contribution >= 0.6 is 0 Å². The summed E-state index contributed by atoms with van der Waals surface area (Å²) in [6.07, 6.45) is 6.13. The van der Waals surface area contributed by atoms with Gasteiger partial charge >= 0.3 is 0 Å². The number of benzene rings is 1. The number of hydrogen-bond acceptors (Lipinski definition) is 5. The van der Waals surface area contributed by atoms with Crippen molar-refractivity contribution >= 4 is 16.6 Å². The van der Waals surface area contributed by atoms with Crippen LogP contribution in [0.1, 0.15) is 42.4 Å². The molecule has 2 aliphatic heterocycles. The number of pyridine rings is 1. The van der Waals surface area contributed by atoms with E-state index in [1.165, 1.54) is 6.42 Å². The second kappa shape index (κ2) is 6.10. The maximum absolute atomic E-state index is 9.64. The zero-order valence-corrected chi connectivity index (χ0v) is 14.6. The van der Waals surface area contributed by atoms with Crippen molar-refractivity contribution in [1.82, 2.24) is 19.7 Å². The summed E-state index contributed by atoms with van der Waals surface area (Å²) in [5.74, 6) is 2.62. The highest BCUT2D eigenvalue weighted by atomic mass is 15.3. The maximum atomic E-state index is 9.64. The van der Waals surface area contributed by atoms with Gasteiger partial charge in [-0.2, -0.15) is 5.26 Å². The third-order valence-electron chi connectivity index (χ3n) is 5.61. The summed E-state index contributed by atoms with van der Waals surface area (Å²) in [5, 5.41) is 19.6. The Hall–Kier alpha value is -2.94. The van der Waals surface area contributed by atoms with Gasteiger partial charge in [0.25, 0.3) is 0 Å². The van der Waals surface area contributed by atoms with Gasteiger partial charge in [0.2, 0.25) is 0 Å². The number of aryl methyl sites for hydroxylation is 1. The van der Waals surface area contributed by atoms with Crippen LogP contribution in [0.3, 0.4) is 0 Å². The summed E-state index contributed by atoms with van der Waals surface area (Å²) in [7, 11) is 0. The molecule has 0 saturated carbocycles. The zero-order chi connectivity index (χ0) is 17.5. The molecule has 0 aliphatic carbocycles. The molecule has 2 aromatic heterocycles. The van der Waals surface area contributed by atoms with Gasteiger partial charge in [-0.25, -0.2) is 0 Å². The zero-order valence-electron chi connectivity index (χ0n) is 14.6. The second-order valence-corrected chi connectivity index (χ2v) is 7.16. The monoisotopic (exact) mass is 344 g/mol. The normalized spacial score (nSPS) is 19.5. The first-order valence-electron chi connectivity index (χ1n) is 9.30. The van der Waals surface area contributed by atoms with Crippen molar-refractivity contribution in [2.45, 2.75) is 38.1 Å². The summed E-state index contributed by atoms with van der Waals surface area (Å²) in [5.41, 5.74) is 2.60. The minimum Gasteiger partial charge on any atom is -0.369 e. The van der Waals surface area contributed by atoms with Gasteiger partial charge < -0.3 is 9.47 Å². The van der Waals surface area contributed by atoms with Crippen LogP contribution in [0.25, 0.3) is 10.9 Å². The minimum atomic E-state index is 0.363. The first-order valence-corrected chi connectivity index (χ1v) is 9.30. The Balaban J connectivity index is 1.55. The first kappa shape index (κ1) is 15.3. The highest BCUT2D eigenvalue weighted by molar-refractivity contribution is 5.94. The summed E-state index contributed by atoms with van der Waals surface area (Å²) in [6, 6.07) is 10.4. The van der Waals surface area contributed by atoms with E-state index >= 15 is 0 Å². The van der Waals surface area contributed by atoms with E-state index in [1.807, 2.05) is 18.2 Å². The molecule has 2 aliphatic rings. The number of rotatable bonds is 2. The van der Waals surface area contributed by atoms with Crippen LogP contribution < -0.4 is 4.90 Å². The standard InChI is InChI=1S/C20H20N6/c21-11-15-12-22-17-7-2-1-6-16(17)19(15)25-9-3-5-14(13-25)20-24-23-18-8-4-10-26(18)20/h1-2,6-7,12,14H,3-5,8-10,13H2. The van der Waals surface area contributed by atoms with Crippen molar-refractivity contribution in [2.75, 3.05) is 18.0 Å². The van der Waals surface area contributed by atoms with Crippen LogP contribution in [0.15, 0.2) is 30.5 Å². The molecule has 1 atom stereocenters. The van der Waals surface area contributed by atoms with Gasteiger partial charge in [-0.15, -0.1) is 10.2 Å². The van der Waals surface area contributed by atoms with Crippen molar-refractivity contribution in [3.63, 3.8) is 0 Å². The lowest BCUT2D eigenvalue weighted by Gasteiger charge is -2.35. The lowest BCUT2D eigenvalue weighted by atomic mass is 9.95. The molecule has 1 aromatic carbocycles. The van der Waals surface area contributed by atoms with E-state index in [4.69, 9.17) is 0 Å². The summed E-state index contributed by atoms with van der Waals surface area (Å²) >= 11 is 0. The van der Waals surface area contributed by atoms with E-state index in [0.29, 0.717) is 11.5 Å². The summed E-state index contributed by atoms with van der Waals surface area (Å²) in [4.78, 5) is 6.80. The Morgan fingerprint density at radius 2 is 2.04 bits per heavy atom. The SMILES string of the molecule is N#Cc1cnc2ccccc2c1N1CCCC(c2nnc3n2CCC3)C1. The molecule has 130 valence electrons. The third kappa shape index (κ3) is 2.35. The van der Waals surface area contributed by atoms with Gasteiger partial charge in [0.05, 0.1) is 16.8 Å². The van der Waals surface area contributed by atoms with Gasteiger partial charge in [0.15, 0.2) is 0 Å². The smallest absolute Gasteiger partial charge is 0.137 e. The molecule has 6 heteroatoms. The summed E-state index contributed by atoms with van der Waals surface area (Å²) in [6.45, 7) is 2.87. The fourth-order valence-electron chi connectivity index (χ4n) is 4.42. The van der Waals surface area contributed by atoms with E-state index in [9.17, 15) is 5.26 Å². The number of para-hydroxylation sites is 1. The fourth-order valence-corrected chi connectivity index (χ4v) is 4.42. The van der Waals surface area contributed by atoms with E-state index in [1.54, 1.807) is 6.20 Å². The van der Waals surface area contributed by atoms with Crippen molar-refractivity contribution < 1.29 is 0 Å². The average molecular weight is 344 g/mol. The minimum absolute atomic E-state index is 0.363. The Bertz CT molecular complexity index is 1010. The lowest BCUT2D eigenvalue weighted by Crippen LogP contribution is -2.36. The average Bonchev–Trinajstić information content (AvgIpc) is 3.31. The highest BCUT2D eigenvalue weighted by Crippen LogP contribution is 2.35. The highest BCUT2D eigenvalue weighted by Gasteiger charge is 2.30.